The Bertz CT molecular complexity index is 303. The molecule has 3 N–H and O–H groups in total. The fraction of sp³-hybridized carbons (Fsp3) is 0.727. The smallest absolute Gasteiger partial charge is 0.323 e. The summed E-state index contributed by atoms with van der Waals surface area (Å²) in [6.45, 7) is 3.56. The number of urea groups is 1. The quantitative estimate of drug-likeness (QED) is 0.669. The van der Waals surface area contributed by atoms with Crippen molar-refractivity contribution in [3.8, 4) is 0 Å². The minimum atomic E-state index is -1.18. The first kappa shape index (κ1) is 16.2. The van der Waals surface area contributed by atoms with Crippen molar-refractivity contribution in [1.29, 1.82) is 0 Å². The fourth-order valence-corrected chi connectivity index (χ4v) is 1.46. The second kappa shape index (κ2) is 7.52. The van der Waals surface area contributed by atoms with Crippen molar-refractivity contribution in [2.24, 2.45) is 11.7 Å². The number of nitrogens with two attached hydrogens (primary N) is 1. The summed E-state index contributed by atoms with van der Waals surface area (Å²) in [5, 5.41) is 8.69. The summed E-state index contributed by atoms with van der Waals surface area (Å²) in [5.41, 5.74) is 4.99. The van der Waals surface area contributed by atoms with Crippen molar-refractivity contribution in [2.45, 2.75) is 20.3 Å². The van der Waals surface area contributed by atoms with E-state index in [0.717, 1.165) is 11.3 Å². The van der Waals surface area contributed by atoms with Crippen LogP contribution in [-0.4, -0.2) is 59.5 Å². The van der Waals surface area contributed by atoms with Gasteiger partial charge in [-0.2, -0.15) is 0 Å². The predicted octanol–water partition coefficient (Wildman–Crippen LogP) is -0.0438. The number of carbonyl (C=O) groups excluding carboxylic acids is 2. The van der Waals surface area contributed by atoms with Crippen LogP contribution in [0.25, 0.3) is 0 Å². The molecule has 0 saturated carbocycles. The Balaban J connectivity index is 4.62. The van der Waals surface area contributed by atoms with Gasteiger partial charge in [0.25, 0.3) is 0 Å². The maximum Gasteiger partial charge on any atom is 0.323 e. The van der Waals surface area contributed by atoms with Gasteiger partial charge < -0.3 is 20.6 Å². The number of primary amides is 1. The Morgan fingerprint density at radius 3 is 2.22 bits per heavy atom. The van der Waals surface area contributed by atoms with Crippen LogP contribution in [0.2, 0.25) is 0 Å². The van der Waals surface area contributed by atoms with Gasteiger partial charge in [-0.15, -0.1) is 0 Å². The zero-order valence-corrected chi connectivity index (χ0v) is 11.0. The number of carboxylic acid groups (broad SMARTS) is 1. The summed E-state index contributed by atoms with van der Waals surface area (Å²) < 4.78 is 0. The Labute approximate surface area is 107 Å². The molecule has 1 unspecified atom stereocenters. The van der Waals surface area contributed by atoms with E-state index in [1.165, 1.54) is 4.90 Å². The largest absolute Gasteiger partial charge is 0.480 e. The molecule has 0 saturated heterocycles. The lowest BCUT2D eigenvalue weighted by molar-refractivity contribution is -0.138. The highest BCUT2D eigenvalue weighted by Crippen LogP contribution is 2.05. The van der Waals surface area contributed by atoms with Gasteiger partial charge in [0.2, 0.25) is 5.91 Å². The van der Waals surface area contributed by atoms with Gasteiger partial charge in [-0.25, -0.2) is 4.79 Å². The van der Waals surface area contributed by atoms with Gasteiger partial charge in [-0.3, -0.25) is 9.59 Å². The molecule has 7 heteroatoms. The van der Waals surface area contributed by atoms with Crippen LogP contribution in [0, 0.1) is 5.92 Å². The van der Waals surface area contributed by atoms with Crippen LogP contribution in [0.3, 0.4) is 0 Å². The van der Waals surface area contributed by atoms with Crippen LogP contribution < -0.4 is 5.73 Å². The van der Waals surface area contributed by atoms with Crippen molar-refractivity contribution in [1.82, 2.24) is 9.80 Å². The van der Waals surface area contributed by atoms with E-state index in [4.69, 9.17) is 10.8 Å². The number of rotatable bonds is 7. The first-order chi connectivity index (χ1) is 8.27. The number of carbonyl (C=O) groups is 3. The number of nitrogens with zero attached hydrogens (tertiary/aromatic N) is 2. The van der Waals surface area contributed by atoms with E-state index < -0.39 is 31.0 Å². The van der Waals surface area contributed by atoms with Gasteiger partial charge in [0, 0.05) is 13.6 Å². The Kier molecular flexibility index (Phi) is 6.77. The third kappa shape index (κ3) is 6.07. The van der Waals surface area contributed by atoms with E-state index in [1.807, 2.05) is 13.8 Å². The summed E-state index contributed by atoms with van der Waals surface area (Å²) in [7, 11) is 1.57. The first-order valence-electron chi connectivity index (χ1n) is 5.78. The molecule has 0 aromatic carbocycles. The lowest BCUT2D eigenvalue weighted by Crippen LogP contribution is -2.48. The van der Waals surface area contributed by atoms with Gasteiger partial charge in [-0.05, 0) is 5.92 Å². The highest BCUT2D eigenvalue weighted by Gasteiger charge is 2.22. The molecule has 1 atom stereocenters. The fourth-order valence-electron chi connectivity index (χ4n) is 1.46. The standard InChI is InChI=1S/C11H21N3O4/c1-4-8(2)5-13(3)11(18)14(6-9(12)15)7-10(16)17/h8H,4-7H2,1-3H3,(H2,12,15)(H,16,17). The van der Waals surface area contributed by atoms with Crippen molar-refractivity contribution in [2.75, 3.05) is 26.7 Å². The van der Waals surface area contributed by atoms with Crippen LogP contribution >= 0.6 is 0 Å². The average molecular weight is 259 g/mol. The van der Waals surface area contributed by atoms with Crippen LogP contribution in [0.5, 0.6) is 0 Å². The average Bonchev–Trinajstić information content (AvgIpc) is 2.25. The number of aliphatic carboxylic acids is 1. The third-order valence-corrected chi connectivity index (χ3v) is 2.55. The van der Waals surface area contributed by atoms with Gasteiger partial charge in [0.15, 0.2) is 0 Å². The summed E-state index contributed by atoms with van der Waals surface area (Å²) in [6, 6.07) is -0.503. The zero-order chi connectivity index (χ0) is 14.3. The highest BCUT2D eigenvalue weighted by atomic mass is 16.4. The molecular formula is C11H21N3O4. The molecular weight excluding hydrogens is 238 g/mol. The first-order valence-corrected chi connectivity index (χ1v) is 5.78. The molecule has 0 bridgehead atoms. The van der Waals surface area contributed by atoms with Crippen LogP contribution in [0.4, 0.5) is 4.79 Å². The van der Waals surface area contributed by atoms with Crippen LogP contribution in [-0.2, 0) is 9.59 Å². The second-order valence-corrected chi connectivity index (χ2v) is 4.39. The predicted molar refractivity (Wildman–Crippen MR) is 65.9 cm³/mol. The second-order valence-electron chi connectivity index (χ2n) is 4.39. The molecule has 18 heavy (non-hydrogen) atoms. The van der Waals surface area contributed by atoms with E-state index in [9.17, 15) is 14.4 Å². The summed E-state index contributed by atoms with van der Waals surface area (Å²) in [4.78, 5) is 35.7. The molecule has 104 valence electrons. The molecule has 0 aromatic heterocycles. The molecule has 0 spiro atoms. The van der Waals surface area contributed by atoms with E-state index in [2.05, 4.69) is 0 Å². The van der Waals surface area contributed by atoms with Crippen molar-refractivity contribution < 1.29 is 19.5 Å². The Hall–Kier alpha value is -1.79. The third-order valence-electron chi connectivity index (χ3n) is 2.55. The minimum Gasteiger partial charge on any atom is -0.480 e. The molecule has 7 nitrogen and oxygen atoms in total. The Morgan fingerprint density at radius 2 is 1.83 bits per heavy atom. The maximum atomic E-state index is 11.9. The number of amides is 3. The van der Waals surface area contributed by atoms with Gasteiger partial charge in [0.05, 0.1) is 0 Å². The van der Waals surface area contributed by atoms with Crippen molar-refractivity contribution in [3.05, 3.63) is 0 Å². The van der Waals surface area contributed by atoms with Crippen LogP contribution in [0.1, 0.15) is 20.3 Å². The zero-order valence-electron chi connectivity index (χ0n) is 11.0. The lowest BCUT2D eigenvalue weighted by atomic mass is 10.1. The normalized spacial score (nSPS) is 11.7. The van der Waals surface area contributed by atoms with E-state index in [0.29, 0.717) is 12.5 Å². The van der Waals surface area contributed by atoms with E-state index in [-0.39, 0.29) is 0 Å². The molecule has 0 aliphatic carbocycles. The molecule has 0 aliphatic rings. The summed E-state index contributed by atoms with van der Waals surface area (Å²) in [5.74, 6) is -1.61. The Morgan fingerprint density at radius 1 is 1.28 bits per heavy atom. The minimum absolute atomic E-state index is 0.305. The van der Waals surface area contributed by atoms with E-state index in [1.54, 1.807) is 7.05 Å². The van der Waals surface area contributed by atoms with Gasteiger partial charge in [0.1, 0.15) is 13.1 Å². The topological polar surface area (TPSA) is 104 Å². The summed E-state index contributed by atoms with van der Waals surface area (Å²) in [6.07, 6.45) is 0.909. The molecule has 0 heterocycles. The molecule has 0 rings (SSSR count). The molecule has 3 amide bonds. The molecule has 0 aliphatic heterocycles. The maximum absolute atomic E-state index is 11.9. The monoisotopic (exact) mass is 259 g/mol. The molecule has 0 radical (unpaired) electrons. The summed E-state index contributed by atoms with van der Waals surface area (Å²) >= 11 is 0. The van der Waals surface area contributed by atoms with Crippen molar-refractivity contribution in [3.63, 3.8) is 0 Å². The SMILES string of the molecule is CCC(C)CN(C)C(=O)N(CC(N)=O)CC(=O)O. The van der Waals surface area contributed by atoms with Gasteiger partial charge >= 0.3 is 12.0 Å². The molecule has 0 fully saturated rings. The van der Waals surface area contributed by atoms with Gasteiger partial charge in [-0.1, -0.05) is 20.3 Å². The molecule has 0 aromatic rings. The lowest BCUT2D eigenvalue weighted by Gasteiger charge is -2.27. The van der Waals surface area contributed by atoms with Crippen LogP contribution in [0.15, 0.2) is 0 Å². The number of carboxylic acids is 1. The number of hydrogen-bond acceptors (Lipinski definition) is 3. The van der Waals surface area contributed by atoms with Crippen molar-refractivity contribution >= 4 is 17.9 Å². The highest BCUT2D eigenvalue weighted by molar-refractivity contribution is 5.85. The number of hydrogen-bond donors (Lipinski definition) is 2. The van der Waals surface area contributed by atoms with E-state index >= 15 is 0 Å².